The SMILES string of the molecule is CC(C)c1cccc(C(C)C)c1NP(=[N+]=P(Nc1c(C(C)C)cccc1C(C)C)(c1ccccc1)c1ccccc1)(c1ccccc1)c1ccccc1. The molecular formula is C48H56N3P2+. The van der Waals surface area contributed by atoms with Crippen LogP contribution in [-0.2, 0) is 0 Å². The van der Waals surface area contributed by atoms with Gasteiger partial charge in [-0.1, -0.05) is 165 Å². The summed E-state index contributed by atoms with van der Waals surface area (Å²) in [4.78, 5) is 0. The van der Waals surface area contributed by atoms with Gasteiger partial charge in [0.15, 0.2) is 0 Å². The van der Waals surface area contributed by atoms with Gasteiger partial charge < -0.3 is 0 Å². The summed E-state index contributed by atoms with van der Waals surface area (Å²) >= 11 is 0. The Labute approximate surface area is 319 Å². The fourth-order valence-electron chi connectivity index (χ4n) is 7.27. The second-order valence-corrected chi connectivity index (χ2v) is 20.9. The van der Waals surface area contributed by atoms with E-state index in [4.69, 9.17) is 4.17 Å². The van der Waals surface area contributed by atoms with Gasteiger partial charge in [-0.25, -0.2) is 0 Å². The molecule has 0 unspecified atom stereocenters. The summed E-state index contributed by atoms with van der Waals surface area (Å²) < 4.78 is 6.61. The monoisotopic (exact) mass is 736 g/mol. The molecule has 0 saturated heterocycles. The van der Waals surface area contributed by atoms with Gasteiger partial charge in [0.25, 0.3) is 0 Å². The second kappa shape index (κ2) is 16.7. The molecule has 6 rings (SSSR count). The van der Waals surface area contributed by atoms with E-state index in [1.54, 1.807) is 0 Å². The molecule has 0 heterocycles. The van der Waals surface area contributed by atoms with Crippen molar-refractivity contribution in [3.05, 3.63) is 180 Å². The molecule has 0 aliphatic heterocycles. The zero-order chi connectivity index (χ0) is 37.6. The van der Waals surface area contributed by atoms with Crippen LogP contribution in [0.5, 0.6) is 0 Å². The zero-order valence-electron chi connectivity index (χ0n) is 32.7. The molecule has 0 fully saturated rings. The standard InChI is InChI=1S/C48H55N3P2/c1-35(2)43-31-21-32-44(36(3)4)47(43)49-52(39-23-13-9-14-24-39,40-25-15-10-16-26-40)51-53(41-27-17-11-18-28-41,42-29-19-12-20-30-42)50-48-45(37(5)6)33-22-34-46(48)38(7)8/h9-38H,1-8H3,(H,49,50,51)/p+1. The highest BCUT2D eigenvalue weighted by Gasteiger charge is 2.44. The number of para-hydroxylation sites is 2. The van der Waals surface area contributed by atoms with Gasteiger partial charge in [-0.3, -0.25) is 10.2 Å². The molecule has 0 aliphatic rings. The van der Waals surface area contributed by atoms with Crippen molar-refractivity contribution in [3.8, 4) is 0 Å². The van der Waals surface area contributed by atoms with E-state index in [0.29, 0.717) is 23.7 Å². The summed E-state index contributed by atoms with van der Waals surface area (Å²) in [7, 11) is -5.72. The third-order valence-corrected chi connectivity index (χ3v) is 17.5. The topological polar surface area (TPSA) is 38.2 Å². The molecule has 2 N–H and O–H groups in total. The summed E-state index contributed by atoms with van der Waals surface area (Å²) in [6.45, 7) is 18.4. The molecule has 0 radical (unpaired) electrons. The molecule has 53 heavy (non-hydrogen) atoms. The van der Waals surface area contributed by atoms with Crippen molar-refractivity contribution >= 4 is 47.0 Å². The van der Waals surface area contributed by atoms with E-state index < -0.39 is 14.4 Å². The molecule has 0 spiro atoms. The lowest BCUT2D eigenvalue weighted by atomic mass is 9.93. The highest BCUT2D eigenvalue weighted by molar-refractivity contribution is 7.88. The first kappa shape index (κ1) is 38.2. The molecule has 0 atom stereocenters. The van der Waals surface area contributed by atoms with Gasteiger partial charge in [0.05, 0.1) is 21.2 Å². The number of nitrogens with one attached hydrogen (secondary N) is 2. The zero-order valence-corrected chi connectivity index (χ0v) is 34.5. The summed E-state index contributed by atoms with van der Waals surface area (Å²) in [5.41, 5.74) is 7.65. The normalized spacial score (nSPS) is 12.0. The molecule has 3 nitrogen and oxygen atoms in total. The molecule has 0 saturated carbocycles. The van der Waals surface area contributed by atoms with E-state index >= 15 is 0 Å². The molecule has 6 aromatic carbocycles. The van der Waals surface area contributed by atoms with Gasteiger partial charge in [-0.2, -0.15) is 0 Å². The highest BCUT2D eigenvalue weighted by Crippen LogP contribution is 2.54. The first-order valence-corrected chi connectivity index (χ1v) is 22.6. The number of nitrogens with zero attached hydrogens (tertiary/aromatic N) is 1. The van der Waals surface area contributed by atoms with Gasteiger partial charge >= 0.3 is 14.4 Å². The fraction of sp³-hybridized carbons (Fsp3) is 0.250. The Hall–Kier alpha value is -4.51. The van der Waals surface area contributed by atoms with Crippen LogP contribution in [0.15, 0.2) is 158 Å². The van der Waals surface area contributed by atoms with Crippen molar-refractivity contribution in [1.82, 2.24) is 4.17 Å². The first-order valence-electron chi connectivity index (χ1n) is 19.1. The molecule has 0 aliphatic carbocycles. The van der Waals surface area contributed by atoms with Crippen LogP contribution in [0, 0.1) is 0 Å². The Morgan fingerprint density at radius 1 is 0.321 bits per heavy atom. The average molecular weight is 737 g/mol. The molecule has 0 bridgehead atoms. The number of hydrogen-bond acceptors (Lipinski definition) is 0. The van der Waals surface area contributed by atoms with E-state index in [-0.39, 0.29) is 0 Å². The maximum absolute atomic E-state index is 6.61. The first-order chi connectivity index (χ1) is 25.6. The van der Waals surface area contributed by atoms with Gasteiger partial charge in [-0.05, 0) is 94.5 Å². The Bertz CT molecular complexity index is 1940. The molecular weight excluding hydrogens is 680 g/mol. The minimum absolute atomic E-state index is 0.317. The minimum atomic E-state index is -2.86. The van der Waals surface area contributed by atoms with Crippen LogP contribution in [0.4, 0.5) is 11.4 Å². The minimum Gasteiger partial charge on any atom is -0.299 e. The maximum Gasteiger partial charge on any atom is 0.363 e. The Morgan fingerprint density at radius 3 is 0.755 bits per heavy atom. The van der Waals surface area contributed by atoms with Gasteiger partial charge in [0.2, 0.25) is 0 Å². The third kappa shape index (κ3) is 7.91. The van der Waals surface area contributed by atoms with Crippen molar-refractivity contribution in [3.63, 3.8) is 0 Å². The lowest BCUT2D eigenvalue weighted by molar-refractivity contribution is 0.839. The van der Waals surface area contributed by atoms with Crippen LogP contribution in [-0.4, -0.2) is 0 Å². The van der Waals surface area contributed by atoms with E-state index in [2.05, 4.69) is 223 Å². The van der Waals surface area contributed by atoms with E-state index in [1.807, 2.05) is 0 Å². The van der Waals surface area contributed by atoms with Crippen molar-refractivity contribution in [2.45, 2.75) is 79.1 Å². The predicted molar refractivity (Wildman–Crippen MR) is 237 cm³/mol. The maximum atomic E-state index is 6.61. The molecule has 0 aromatic heterocycles. The van der Waals surface area contributed by atoms with Gasteiger partial charge in [0.1, 0.15) is 0 Å². The lowest BCUT2D eigenvalue weighted by Gasteiger charge is -2.27. The van der Waals surface area contributed by atoms with Crippen LogP contribution in [0.3, 0.4) is 0 Å². The van der Waals surface area contributed by atoms with Crippen LogP contribution in [0.25, 0.3) is 0 Å². The van der Waals surface area contributed by atoms with Crippen molar-refractivity contribution in [2.75, 3.05) is 10.2 Å². The second-order valence-electron chi connectivity index (χ2n) is 15.2. The quantitative estimate of drug-likeness (QED) is 0.0970. The Kier molecular flexibility index (Phi) is 12.0. The van der Waals surface area contributed by atoms with Crippen LogP contribution < -0.4 is 35.6 Å². The molecule has 0 amide bonds. The highest BCUT2D eigenvalue weighted by atomic mass is 31.2. The summed E-state index contributed by atoms with van der Waals surface area (Å²) in [6, 6.07) is 57.8. The largest absolute Gasteiger partial charge is 0.363 e. The molecule has 5 heteroatoms. The Balaban J connectivity index is 1.96. The van der Waals surface area contributed by atoms with E-state index in [9.17, 15) is 0 Å². The fourth-order valence-corrected chi connectivity index (χ4v) is 15.6. The number of benzene rings is 6. The van der Waals surface area contributed by atoms with Gasteiger partial charge in [0, 0.05) is 11.4 Å². The predicted octanol–water partition coefficient (Wildman–Crippen LogP) is 12.3. The summed E-state index contributed by atoms with van der Waals surface area (Å²) in [5.74, 6) is 1.27. The smallest absolute Gasteiger partial charge is 0.299 e. The third-order valence-electron chi connectivity index (χ3n) is 10.1. The van der Waals surface area contributed by atoms with Crippen molar-refractivity contribution in [2.24, 2.45) is 0 Å². The van der Waals surface area contributed by atoms with E-state index in [0.717, 1.165) is 0 Å². The number of rotatable bonds is 12. The Morgan fingerprint density at radius 2 is 0.547 bits per heavy atom. The number of hydrogen-bond donors (Lipinski definition) is 2. The van der Waals surface area contributed by atoms with E-state index in [1.165, 1.54) is 54.8 Å². The number of anilines is 2. The van der Waals surface area contributed by atoms with Crippen molar-refractivity contribution < 1.29 is 0 Å². The van der Waals surface area contributed by atoms with Crippen LogP contribution in [0.1, 0.15) is 101 Å². The lowest BCUT2D eigenvalue weighted by Crippen LogP contribution is -2.29. The average Bonchev–Trinajstić information content (AvgIpc) is 3.18. The van der Waals surface area contributed by atoms with Crippen LogP contribution in [0.2, 0.25) is 0 Å². The molecule has 6 aromatic rings. The summed E-state index contributed by atoms with van der Waals surface area (Å²) in [5, 5.41) is 13.6. The summed E-state index contributed by atoms with van der Waals surface area (Å²) in [6.07, 6.45) is 0. The van der Waals surface area contributed by atoms with Crippen molar-refractivity contribution in [1.29, 1.82) is 0 Å². The molecule has 272 valence electrons. The van der Waals surface area contributed by atoms with Gasteiger partial charge in [-0.15, -0.1) is 4.17 Å². The van der Waals surface area contributed by atoms with Crippen LogP contribution >= 0.6 is 14.4 Å².